The van der Waals surface area contributed by atoms with Crippen molar-refractivity contribution in [3.8, 4) is 0 Å². The second-order valence-electron chi connectivity index (χ2n) is 3.80. The highest BCUT2D eigenvalue weighted by atomic mass is 79.9. The van der Waals surface area contributed by atoms with Gasteiger partial charge in [0, 0.05) is 22.7 Å². The molecule has 0 aliphatic carbocycles. The minimum absolute atomic E-state index is 0.0322. The number of hydrogen-bond acceptors (Lipinski definition) is 4. The largest absolute Gasteiger partial charge is 0.273 e. The highest BCUT2D eigenvalue weighted by Crippen LogP contribution is 2.25. The lowest BCUT2D eigenvalue weighted by atomic mass is 10.1. The van der Waals surface area contributed by atoms with Crippen molar-refractivity contribution >= 4 is 31.5 Å². The Kier molecular flexibility index (Phi) is 4.26. The first-order chi connectivity index (χ1) is 7.71. The highest BCUT2D eigenvalue weighted by molar-refractivity contribution is 9.09. The van der Waals surface area contributed by atoms with Crippen molar-refractivity contribution in [1.82, 2.24) is 0 Å². The molecule has 0 aliphatic rings. The van der Waals surface area contributed by atoms with Gasteiger partial charge < -0.3 is 0 Å². The number of rotatable bonds is 4. The first kappa shape index (κ1) is 14.1. The molecule has 1 unspecified atom stereocenters. The van der Waals surface area contributed by atoms with Crippen LogP contribution in [0.25, 0.3) is 0 Å². The van der Waals surface area contributed by atoms with E-state index in [4.69, 9.17) is 0 Å². The van der Waals surface area contributed by atoms with Crippen molar-refractivity contribution < 1.29 is 13.3 Å². The average Bonchev–Trinajstić information content (AvgIpc) is 2.15. The van der Waals surface area contributed by atoms with E-state index in [-0.39, 0.29) is 15.4 Å². The molecule has 94 valence electrons. The van der Waals surface area contributed by atoms with E-state index < -0.39 is 14.8 Å². The molecule has 1 atom stereocenters. The van der Waals surface area contributed by atoms with Crippen LogP contribution in [0.1, 0.15) is 12.5 Å². The zero-order valence-electron chi connectivity index (χ0n) is 9.38. The van der Waals surface area contributed by atoms with Crippen LogP contribution in [-0.4, -0.2) is 24.4 Å². The minimum atomic E-state index is -3.42. The topological polar surface area (TPSA) is 77.3 Å². The molecule has 0 aromatic heterocycles. The Balaban J connectivity index is 3.32. The molecule has 0 heterocycles. The van der Waals surface area contributed by atoms with Gasteiger partial charge >= 0.3 is 0 Å². The Morgan fingerprint density at radius 1 is 1.47 bits per heavy atom. The summed E-state index contributed by atoms with van der Waals surface area (Å²) >= 11 is 3.31. The first-order valence-electron chi connectivity index (χ1n) is 4.83. The lowest BCUT2D eigenvalue weighted by Gasteiger charge is -2.06. The molecule has 0 radical (unpaired) electrons. The number of nitrogens with zero attached hydrogens (tertiary/aromatic N) is 1. The number of benzene rings is 1. The maximum Gasteiger partial charge on any atom is 0.273 e. The maximum atomic E-state index is 11.3. The number of alkyl halides is 1. The molecule has 0 amide bonds. The van der Waals surface area contributed by atoms with Crippen LogP contribution < -0.4 is 0 Å². The minimum Gasteiger partial charge on any atom is -0.258 e. The van der Waals surface area contributed by atoms with E-state index in [1.807, 2.05) is 6.92 Å². The first-order valence-corrected chi connectivity index (χ1v) is 7.64. The highest BCUT2D eigenvalue weighted by Gasteiger charge is 2.19. The van der Waals surface area contributed by atoms with Crippen LogP contribution in [0.2, 0.25) is 0 Å². The summed E-state index contributed by atoms with van der Waals surface area (Å²) in [4.78, 5) is 10.4. The van der Waals surface area contributed by atoms with Crippen molar-refractivity contribution in [2.24, 2.45) is 0 Å². The van der Waals surface area contributed by atoms with Gasteiger partial charge in [-0.15, -0.1) is 0 Å². The quantitative estimate of drug-likeness (QED) is 0.484. The molecule has 1 aromatic carbocycles. The molecule has 1 rings (SSSR count). The fourth-order valence-electron chi connectivity index (χ4n) is 1.42. The van der Waals surface area contributed by atoms with Crippen LogP contribution in [-0.2, 0) is 16.3 Å². The van der Waals surface area contributed by atoms with Crippen molar-refractivity contribution in [2.45, 2.75) is 23.1 Å². The molecular weight excluding hydrogens is 310 g/mol. The number of sulfone groups is 1. The third-order valence-electron chi connectivity index (χ3n) is 2.18. The van der Waals surface area contributed by atoms with Crippen LogP contribution in [0.15, 0.2) is 23.1 Å². The number of halogens is 1. The van der Waals surface area contributed by atoms with Gasteiger partial charge in [0.25, 0.3) is 5.69 Å². The fraction of sp³-hybridized carbons (Fsp3) is 0.400. The van der Waals surface area contributed by atoms with Crippen LogP contribution in [0.5, 0.6) is 0 Å². The molecule has 0 N–H and O–H groups in total. The van der Waals surface area contributed by atoms with E-state index in [1.165, 1.54) is 12.1 Å². The predicted molar refractivity (Wildman–Crippen MR) is 68.3 cm³/mol. The van der Waals surface area contributed by atoms with E-state index in [2.05, 4.69) is 15.9 Å². The summed E-state index contributed by atoms with van der Waals surface area (Å²) in [5.41, 5.74) is 0.367. The smallest absolute Gasteiger partial charge is 0.258 e. The molecule has 0 saturated heterocycles. The van der Waals surface area contributed by atoms with E-state index in [0.717, 1.165) is 12.3 Å². The molecule has 7 heteroatoms. The van der Waals surface area contributed by atoms with Gasteiger partial charge in [-0.25, -0.2) is 8.42 Å². The molecule has 0 fully saturated rings. The standard InChI is InChI=1S/C10H12BrNO4S/c1-7(11)5-8-3-4-9(17(2,15)16)6-10(8)12(13)14/h3-4,6-7H,5H2,1-2H3. The summed E-state index contributed by atoms with van der Waals surface area (Å²) in [5.74, 6) is 0. The molecular formula is C10H12BrNO4S. The SMILES string of the molecule is CC(Br)Cc1ccc(S(C)(=O)=O)cc1[N+](=O)[O-]. The predicted octanol–water partition coefficient (Wildman–Crippen LogP) is 2.32. The van der Waals surface area contributed by atoms with Gasteiger partial charge in [0.15, 0.2) is 9.84 Å². The molecule has 0 saturated carbocycles. The Labute approximate surface area is 108 Å². The van der Waals surface area contributed by atoms with Crippen LogP contribution in [0.3, 0.4) is 0 Å². The van der Waals surface area contributed by atoms with E-state index in [9.17, 15) is 18.5 Å². The zero-order chi connectivity index (χ0) is 13.2. The van der Waals surface area contributed by atoms with Crippen molar-refractivity contribution in [3.05, 3.63) is 33.9 Å². The van der Waals surface area contributed by atoms with Gasteiger partial charge in [0.2, 0.25) is 0 Å². The average molecular weight is 322 g/mol. The summed E-state index contributed by atoms with van der Waals surface area (Å²) in [6.07, 6.45) is 1.50. The number of nitro groups is 1. The monoisotopic (exact) mass is 321 g/mol. The molecule has 0 spiro atoms. The maximum absolute atomic E-state index is 11.3. The van der Waals surface area contributed by atoms with Gasteiger partial charge in [-0.1, -0.05) is 28.9 Å². The third kappa shape index (κ3) is 3.78. The summed E-state index contributed by atoms with van der Waals surface area (Å²) in [6, 6.07) is 4.00. The molecule has 1 aromatic rings. The number of hydrogen-bond donors (Lipinski definition) is 0. The number of nitro benzene ring substituents is 1. The Hall–Kier alpha value is -0.950. The zero-order valence-corrected chi connectivity index (χ0v) is 11.8. The third-order valence-corrected chi connectivity index (χ3v) is 3.62. The summed E-state index contributed by atoms with van der Waals surface area (Å²) in [5, 5.41) is 10.9. The fourth-order valence-corrected chi connectivity index (χ4v) is 2.41. The van der Waals surface area contributed by atoms with Gasteiger partial charge in [-0.3, -0.25) is 10.1 Å². The Bertz CT molecular complexity index is 539. The van der Waals surface area contributed by atoms with Crippen LogP contribution in [0.4, 0.5) is 5.69 Å². The van der Waals surface area contributed by atoms with E-state index in [1.54, 1.807) is 0 Å². The van der Waals surface area contributed by atoms with E-state index >= 15 is 0 Å². The van der Waals surface area contributed by atoms with Crippen molar-refractivity contribution in [1.29, 1.82) is 0 Å². The molecule has 5 nitrogen and oxygen atoms in total. The van der Waals surface area contributed by atoms with Crippen molar-refractivity contribution in [2.75, 3.05) is 6.26 Å². The normalized spacial score (nSPS) is 13.4. The summed E-state index contributed by atoms with van der Waals surface area (Å²) in [7, 11) is -3.42. The van der Waals surface area contributed by atoms with Crippen LogP contribution in [0, 0.1) is 10.1 Å². The van der Waals surface area contributed by atoms with Crippen LogP contribution >= 0.6 is 15.9 Å². The van der Waals surface area contributed by atoms with E-state index in [0.29, 0.717) is 12.0 Å². The molecule has 17 heavy (non-hydrogen) atoms. The van der Waals surface area contributed by atoms with Gasteiger partial charge in [0.05, 0.1) is 9.82 Å². The second-order valence-corrected chi connectivity index (χ2v) is 7.38. The van der Waals surface area contributed by atoms with Crippen molar-refractivity contribution in [3.63, 3.8) is 0 Å². The van der Waals surface area contributed by atoms with Gasteiger partial charge in [0.1, 0.15) is 0 Å². The molecule has 0 bridgehead atoms. The van der Waals surface area contributed by atoms with Gasteiger partial charge in [-0.05, 0) is 12.5 Å². The molecule has 0 aliphatic heterocycles. The summed E-state index contributed by atoms with van der Waals surface area (Å²) < 4.78 is 22.6. The van der Waals surface area contributed by atoms with Gasteiger partial charge in [-0.2, -0.15) is 0 Å². The summed E-state index contributed by atoms with van der Waals surface area (Å²) in [6.45, 7) is 1.87. The lowest BCUT2D eigenvalue weighted by Crippen LogP contribution is -2.04. The Morgan fingerprint density at radius 2 is 2.06 bits per heavy atom. The Morgan fingerprint density at radius 3 is 2.47 bits per heavy atom. The lowest BCUT2D eigenvalue weighted by molar-refractivity contribution is -0.385. The second kappa shape index (κ2) is 5.14.